The Kier molecular flexibility index (Phi) is 9.97. The third-order valence-corrected chi connectivity index (χ3v) is 3.30. The first kappa shape index (κ1) is 17.8. The van der Waals surface area contributed by atoms with Gasteiger partial charge in [-0.05, 0) is 44.1 Å². The highest BCUT2D eigenvalue weighted by Gasteiger charge is 1.98. The lowest BCUT2D eigenvalue weighted by Crippen LogP contribution is -2.17. The normalized spacial score (nSPS) is 12.7. The summed E-state index contributed by atoms with van der Waals surface area (Å²) in [7, 11) is 0. The van der Waals surface area contributed by atoms with Crippen molar-refractivity contribution in [1.29, 1.82) is 0 Å². The van der Waals surface area contributed by atoms with Crippen molar-refractivity contribution >= 4 is 0 Å². The van der Waals surface area contributed by atoms with Crippen molar-refractivity contribution in [3.05, 3.63) is 48.2 Å². The molecule has 0 aromatic heterocycles. The van der Waals surface area contributed by atoms with Crippen molar-refractivity contribution in [2.75, 3.05) is 6.54 Å². The van der Waals surface area contributed by atoms with Gasteiger partial charge in [-0.25, -0.2) is 0 Å². The van der Waals surface area contributed by atoms with Crippen LogP contribution in [0.15, 0.2) is 48.2 Å². The highest BCUT2D eigenvalue weighted by atomic mass is 14.9. The van der Waals surface area contributed by atoms with E-state index < -0.39 is 0 Å². The predicted octanol–water partition coefficient (Wildman–Crippen LogP) is 5.38. The molecule has 0 aliphatic rings. The molecule has 0 unspecified atom stereocenters. The molecular weight excluding hydrogens is 230 g/mol. The van der Waals surface area contributed by atoms with Gasteiger partial charge in [0.05, 0.1) is 0 Å². The minimum Gasteiger partial charge on any atom is -0.389 e. The van der Waals surface area contributed by atoms with E-state index in [9.17, 15) is 0 Å². The zero-order chi connectivity index (χ0) is 14.7. The smallest absolute Gasteiger partial charge is 0.0143 e. The van der Waals surface area contributed by atoms with Gasteiger partial charge in [-0.15, -0.1) is 0 Å². The number of nitrogens with one attached hydrogen (secondary N) is 1. The van der Waals surface area contributed by atoms with E-state index in [-0.39, 0.29) is 0 Å². The first-order valence-electron chi connectivity index (χ1n) is 7.42. The summed E-state index contributed by atoms with van der Waals surface area (Å²) >= 11 is 0. The highest BCUT2D eigenvalue weighted by Crippen LogP contribution is 2.09. The Bertz CT molecular complexity index is 332. The van der Waals surface area contributed by atoms with E-state index in [2.05, 4.69) is 58.3 Å². The summed E-state index contributed by atoms with van der Waals surface area (Å²) in [6.07, 6.45) is 11.0. The summed E-state index contributed by atoms with van der Waals surface area (Å²) in [4.78, 5) is 0. The van der Waals surface area contributed by atoms with Crippen molar-refractivity contribution in [1.82, 2.24) is 5.32 Å². The van der Waals surface area contributed by atoms with Gasteiger partial charge in [0, 0.05) is 12.2 Å². The van der Waals surface area contributed by atoms with Crippen LogP contribution >= 0.6 is 0 Å². The second-order valence-corrected chi connectivity index (χ2v) is 5.38. The molecule has 0 aliphatic heterocycles. The average molecular weight is 261 g/mol. The largest absolute Gasteiger partial charge is 0.389 e. The van der Waals surface area contributed by atoms with Crippen LogP contribution in [0.3, 0.4) is 0 Å². The molecule has 0 heterocycles. The third kappa shape index (κ3) is 9.35. The van der Waals surface area contributed by atoms with Gasteiger partial charge in [0.15, 0.2) is 0 Å². The van der Waals surface area contributed by atoms with Gasteiger partial charge in [0.25, 0.3) is 0 Å². The van der Waals surface area contributed by atoms with Gasteiger partial charge in [-0.3, -0.25) is 0 Å². The molecule has 1 N–H and O–H groups in total. The van der Waals surface area contributed by atoms with Crippen molar-refractivity contribution in [3.8, 4) is 0 Å². The summed E-state index contributed by atoms with van der Waals surface area (Å²) in [5, 5.41) is 3.39. The number of allylic oxidation sites excluding steroid dienone is 6. The fourth-order valence-electron chi connectivity index (χ4n) is 1.64. The van der Waals surface area contributed by atoms with Crippen LogP contribution in [0.25, 0.3) is 0 Å². The van der Waals surface area contributed by atoms with E-state index in [0.29, 0.717) is 5.92 Å². The fraction of sp³-hybridized carbons (Fsp3) is 0.556. The van der Waals surface area contributed by atoms with Crippen LogP contribution in [0.4, 0.5) is 0 Å². The second-order valence-electron chi connectivity index (χ2n) is 5.38. The topological polar surface area (TPSA) is 12.0 Å². The zero-order valence-electron chi connectivity index (χ0n) is 13.3. The molecule has 0 rings (SSSR count). The van der Waals surface area contributed by atoms with Crippen LogP contribution in [0.5, 0.6) is 0 Å². The number of hydrogen-bond donors (Lipinski definition) is 1. The Morgan fingerprint density at radius 1 is 1.21 bits per heavy atom. The zero-order valence-corrected chi connectivity index (χ0v) is 13.3. The molecule has 1 nitrogen and oxygen atoms in total. The number of hydrogen-bond acceptors (Lipinski definition) is 1. The van der Waals surface area contributed by atoms with Gasteiger partial charge in [-0.1, -0.05) is 57.7 Å². The molecule has 0 saturated carbocycles. The minimum atomic E-state index is 0.526. The van der Waals surface area contributed by atoms with E-state index in [1.54, 1.807) is 0 Å². The number of rotatable bonds is 10. The summed E-state index contributed by atoms with van der Waals surface area (Å²) in [6, 6.07) is 0. The SMILES string of the molecule is C=C/C(=C\C=C(/C)CCCCNC(=C)C(C)C)CC. The third-order valence-electron chi connectivity index (χ3n) is 3.30. The Balaban J connectivity index is 3.83. The molecule has 0 spiro atoms. The van der Waals surface area contributed by atoms with Gasteiger partial charge >= 0.3 is 0 Å². The summed E-state index contributed by atoms with van der Waals surface area (Å²) < 4.78 is 0. The summed E-state index contributed by atoms with van der Waals surface area (Å²) in [6.45, 7) is 17.6. The first-order valence-corrected chi connectivity index (χ1v) is 7.42. The Morgan fingerprint density at radius 2 is 1.89 bits per heavy atom. The molecule has 0 bridgehead atoms. The minimum absolute atomic E-state index is 0.526. The molecule has 0 amide bonds. The molecule has 0 aromatic rings. The Morgan fingerprint density at radius 3 is 2.42 bits per heavy atom. The Hall–Kier alpha value is -1.24. The van der Waals surface area contributed by atoms with Crippen molar-refractivity contribution in [2.24, 2.45) is 5.92 Å². The van der Waals surface area contributed by atoms with Gasteiger partial charge in [-0.2, -0.15) is 0 Å². The number of unbranched alkanes of at least 4 members (excludes halogenated alkanes) is 1. The van der Waals surface area contributed by atoms with E-state index in [0.717, 1.165) is 18.7 Å². The van der Waals surface area contributed by atoms with Gasteiger partial charge in [0.1, 0.15) is 0 Å². The average Bonchev–Trinajstić information content (AvgIpc) is 2.39. The van der Waals surface area contributed by atoms with Crippen LogP contribution < -0.4 is 5.32 Å². The van der Waals surface area contributed by atoms with E-state index in [1.807, 2.05) is 6.08 Å². The molecule has 0 aliphatic carbocycles. The molecule has 1 heteroatoms. The lowest BCUT2D eigenvalue weighted by atomic mass is 10.1. The van der Waals surface area contributed by atoms with Gasteiger partial charge < -0.3 is 5.32 Å². The van der Waals surface area contributed by atoms with Crippen LogP contribution in [0, 0.1) is 5.92 Å². The van der Waals surface area contributed by atoms with Crippen molar-refractivity contribution < 1.29 is 0 Å². The van der Waals surface area contributed by atoms with Crippen LogP contribution in [-0.4, -0.2) is 6.54 Å². The first-order chi connectivity index (χ1) is 9.01. The molecule has 0 saturated heterocycles. The van der Waals surface area contributed by atoms with Crippen LogP contribution in [-0.2, 0) is 0 Å². The van der Waals surface area contributed by atoms with Gasteiger partial charge in [0.2, 0.25) is 0 Å². The molecule has 0 atom stereocenters. The fourth-order valence-corrected chi connectivity index (χ4v) is 1.64. The lowest BCUT2D eigenvalue weighted by molar-refractivity contribution is 0.616. The predicted molar refractivity (Wildman–Crippen MR) is 88.2 cm³/mol. The van der Waals surface area contributed by atoms with Crippen molar-refractivity contribution in [3.63, 3.8) is 0 Å². The maximum absolute atomic E-state index is 4.01. The maximum Gasteiger partial charge on any atom is 0.0143 e. The lowest BCUT2D eigenvalue weighted by Gasteiger charge is -2.12. The highest BCUT2D eigenvalue weighted by molar-refractivity contribution is 5.23. The maximum atomic E-state index is 4.01. The van der Waals surface area contributed by atoms with Crippen LogP contribution in [0.1, 0.15) is 53.4 Å². The molecular formula is C18H31N. The van der Waals surface area contributed by atoms with Crippen molar-refractivity contribution in [2.45, 2.75) is 53.4 Å². The Labute approximate surface area is 120 Å². The molecule has 0 aromatic carbocycles. The molecule has 0 radical (unpaired) electrons. The monoisotopic (exact) mass is 261 g/mol. The summed E-state index contributed by atoms with van der Waals surface area (Å²) in [5.41, 5.74) is 3.89. The molecule has 0 fully saturated rings. The second kappa shape index (κ2) is 10.7. The van der Waals surface area contributed by atoms with E-state index in [4.69, 9.17) is 0 Å². The summed E-state index contributed by atoms with van der Waals surface area (Å²) in [5.74, 6) is 0.526. The van der Waals surface area contributed by atoms with Crippen LogP contribution in [0.2, 0.25) is 0 Å². The van der Waals surface area contributed by atoms with E-state index >= 15 is 0 Å². The molecule has 19 heavy (non-hydrogen) atoms. The molecule has 108 valence electrons. The standard InChI is InChI=1S/C18H31N/c1-7-18(8-2)13-12-16(5)11-9-10-14-19-17(6)15(3)4/h7,12-13,15,19H,1,6,8-11,14H2,2-5H3/b16-12+,18-13+. The van der Waals surface area contributed by atoms with E-state index in [1.165, 1.54) is 30.4 Å². The quantitative estimate of drug-likeness (QED) is 0.411.